The van der Waals surface area contributed by atoms with Crippen LogP contribution < -0.4 is 5.73 Å². The van der Waals surface area contributed by atoms with Crippen LogP contribution >= 0.6 is 27.7 Å². The molecule has 0 unspecified atom stereocenters. The maximum absolute atomic E-state index is 11.6. The Kier molecular flexibility index (Phi) is 5.69. The second-order valence-electron chi connectivity index (χ2n) is 4.83. The van der Waals surface area contributed by atoms with E-state index >= 15 is 0 Å². The Balaban J connectivity index is 2.54. The molecule has 0 aliphatic carbocycles. The summed E-state index contributed by atoms with van der Waals surface area (Å²) in [5.41, 5.74) is 6.20. The van der Waals surface area contributed by atoms with Crippen LogP contribution in [0.4, 0.5) is 0 Å². The van der Waals surface area contributed by atoms with Gasteiger partial charge in [0.15, 0.2) is 0 Å². The van der Waals surface area contributed by atoms with Gasteiger partial charge in [0.25, 0.3) is 0 Å². The van der Waals surface area contributed by atoms with E-state index < -0.39 is 5.60 Å². The maximum atomic E-state index is 11.6. The highest BCUT2D eigenvalue weighted by Crippen LogP contribution is 2.25. The van der Waals surface area contributed by atoms with Crippen LogP contribution in [0.15, 0.2) is 27.6 Å². The van der Waals surface area contributed by atoms with Crippen molar-refractivity contribution in [3.63, 3.8) is 0 Å². The number of ether oxygens (including phenoxy) is 1. The molecule has 0 aliphatic heterocycles. The zero-order valence-electron chi connectivity index (χ0n) is 10.8. The van der Waals surface area contributed by atoms with Crippen LogP contribution in [0.1, 0.15) is 26.3 Å². The number of nitrogens with two attached hydrogens (primary N) is 1. The minimum Gasteiger partial charge on any atom is -0.459 e. The molecule has 100 valence electrons. The van der Waals surface area contributed by atoms with Gasteiger partial charge in [-0.2, -0.15) is 0 Å². The standard InChI is InChI=1S/C13H18BrNO2S/c1-13(2,3)17-12(16)8-18-10-5-4-9(7-15)11(14)6-10/h4-6H,7-8,15H2,1-3H3. The second kappa shape index (κ2) is 6.59. The fourth-order valence-electron chi connectivity index (χ4n) is 1.30. The molecule has 0 amide bonds. The molecule has 1 rings (SSSR count). The van der Waals surface area contributed by atoms with Gasteiger partial charge in [-0.1, -0.05) is 22.0 Å². The molecule has 2 N–H and O–H groups in total. The SMILES string of the molecule is CC(C)(C)OC(=O)CSc1ccc(CN)c(Br)c1. The third-order valence-electron chi connectivity index (χ3n) is 2.02. The second-order valence-corrected chi connectivity index (χ2v) is 6.74. The van der Waals surface area contributed by atoms with Crippen LogP contribution in [-0.2, 0) is 16.1 Å². The van der Waals surface area contributed by atoms with Crippen molar-refractivity contribution in [3.8, 4) is 0 Å². The van der Waals surface area contributed by atoms with Gasteiger partial charge < -0.3 is 10.5 Å². The molecule has 1 aromatic carbocycles. The quantitative estimate of drug-likeness (QED) is 0.679. The molecule has 0 fully saturated rings. The number of hydrogen-bond donors (Lipinski definition) is 1. The molecule has 18 heavy (non-hydrogen) atoms. The third-order valence-corrected chi connectivity index (χ3v) is 3.73. The predicted molar refractivity (Wildman–Crippen MR) is 78.6 cm³/mol. The summed E-state index contributed by atoms with van der Waals surface area (Å²) in [6.07, 6.45) is 0. The molecule has 3 nitrogen and oxygen atoms in total. The van der Waals surface area contributed by atoms with Crippen LogP contribution in [0.3, 0.4) is 0 Å². The largest absolute Gasteiger partial charge is 0.459 e. The van der Waals surface area contributed by atoms with Crippen LogP contribution in [-0.4, -0.2) is 17.3 Å². The van der Waals surface area contributed by atoms with Crippen molar-refractivity contribution < 1.29 is 9.53 Å². The topological polar surface area (TPSA) is 52.3 Å². The minimum absolute atomic E-state index is 0.202. The Morgan fingerprint density at radius 1 is 1.44 bits per heavy atom. The van der Waals surface area contributed by atoms with E-state index in [0.717, 1.165) is 14.9 Å². The Bertz CT molecular complexity index is 429. The van der Waals surface area contributed by atoms with Gasteiger partial charge in [-0.15, -0.1) is 11.8 Å². The van der Waals surface area contributed by atoms with Crippen molar-refractivity contribution >= 4 is 33.7 Å². The van der Waals surface area contributed by atoms with E-state index in [4.69, 9.17) is 10.5 Å². The number of benzene rings is 1. The first kappa shape index (κ1) is 15.5. The van der Waals surface area contributed by atoms with Gasteiger partial charge in [0.05, 0.1) is 5.75 Å². The first-order chi connectivity index (χ1) is 8.31. The smallest absolute Gasteiger partial charge is 0.316 e. The average Bonchev–Trinajstić information content (AvgIpc) is 2.24. The van der Waals surface area contributed by atoms with Crippen molar-refractivity contribution in [2.45, 2.75) is 37.8 Å². The van der Waals surface area contributed by atoms with Gasteiger partial charge in [0, 0.05) is 15.9 Å². The zero-order valence-corrected chi connectivity index (χ0v) is 13.2. The van der Waals surface area contributed by atoms with Gasteiger partial charge in [-0.05, 0) is 38.5 Å². The van der Waals surface area contributed by atoms with Crippen molar-refractivity contribution in [3.05, 3.63) is 28.2 Å². The lowest BCUT2D eigenvalue weighted by molar-refractivity contribution is -0.151. The number of hydrogen-bond acceptors (Lipinski definition) is 4. The summed E-state index contributed by atoms with van der Waals surface area (Å²) in [5.74, 6) is 0.109. The highest BCUT2D eigenvalue weighted by atomic mass is 79.9. The lowest BCUT2D eigenvalue weighted by Crippen LogP contribution is -2.24. The van der Waals surface area contributed by atoms with E-state index in [1.807, 2.05) is 39.0 Å². The van der Waals surface area contributed by atoms with Gasteiger partial charge in [-0.25, -0.2) is 0 Å². The van der Waals surface area contributed by atoms with Gasteiger partial charge >= 0.3 is 5.97 Å². The van der Waals surface area contributed by atoms with E-state index in [2.05, 4.69) is 15.9 Å². The van der Waals surface area contributed by atoms with E-state index in [9.17, 15) is 4.79 Å². The molecule has 0 aliphatic rings. The summed E-state index contributed by atoms with van der Waals surface area (Å²) in [4.78, 5) is 12.6. The normalized spacial score (nSPS) is 11.4. The monoisotopic (exact) mass is 331 g/mol. The molecule has 0 saturated carbocycles. The van der Waals surface area contributed by atoms with Gasteiger partial charge in [0.2, 0.25) is 0 Å². The van der Waals surface area contributed by atoms with Gasteiger partial charge in [0.1, 0.15) is 5.60 Å². The molecule has 0 spiro atoms. The highest BCUT2D eigenvalue weighted by molar-refractivity contribution is 9.10. The third kappa shape index (κ3) is 5.42. The van der Waals surface area contributed by atoms with Crippen LogP contribution in [0.2, 0.25) is 0 Å². The van der Waals surface area contributed by atoms with Crippen molar-refractivity contribution in [2.24, 2.45) is 5.73 Å². The number of carbonyl (C=O) groups is 1. The number of esters is 1. The van der Waals surface area contributed by atoms with E-state index in [-0.39, 0.29) is 5.97 Å². The minimum atomic E-state index is -0.429. The molecule has 0 radical (unpaired) electrons. The fourth-order valence-corrected chi connectivity index (χ4v) is 2.70. The molecule has 1 aromatic rings. The van der Waals surface area contributed by atoms with Crippen molar-refractivity contribution in [1.29, 1.82) is 0 Å². The maximum Gasteiger partial charge on any atom is 0.316 e. The summed E-state index contributed by atoms with van der Waals surface area (Å²) in [6, 6.07) is 5.89. The Labute approximate surface area is 121 Å². The lowest BCUT2D eigenvalue weighted by Gasteiger charge is -2.19. The summed E-state index contributed by atoms with van der Waals surface area (Å²) in [6.45, 7) is 6.09. The average molecular weight is 332 g/mol. The molecule has 5 heteroatoms. The molecule has 0 saturated heterocycles. The van der Waals surface area contributed by atoms with Crippen molar-refractivity contribution in [1.82, 2.24) is 0 Å². The van der Waals surface area contributed by atoms with E-state index in [1.54, 1.807) is 0 Å². The number of halogens is 1. The molecule has 0 atom stereocenters. The number of rotatable bonds is 4. The highest BCUT2D eigenvalue weighted by Gasteiger charge is 2.16. The summed E-state index contributed by atoms with van der Waals surface area (Å²) < 4.78 is 6.21. The van der Waals surface area contributed by atoms with E-state index in [0.29, 0.717) is 12.3 Å². The summed E-state index contributed by atoms with van der Waals surface area (Å²) >= 11 is 4.91. The zero-order chi connectivity index (χ0) is 13.8. The molecule has 0 bridgehead atoms. The molecule has 0 heterocycles. The van der Waals surface area contributed by atoms with Crippen molar-refractivity contribution in [2.75, 3.05) is 5.75 Å². The Hall–Kier alpha value is -0.520. The Morgan fingerprint density at radius 2 is 2.11 bits per heavy atom. The van der Waals surface area contributed by atoms with Crippen LogP contribution in [0.5, 0.6) is 0 Å². The molecule has 0 aromatic heterocycles. The van der Waals surface area contributed by atoms with Gasteiger partial charge in [-0.3, -0.25) is 4.79 Å². The van der Waals surface area contributed by atoms with E-state index in [1.165, 1.54) is 11.8 Å². The Morgan fingerprint density at radius 3 is 2.61 bits per heavy atom. The first-order valence-electron chi connectivity index (χ1n) is 5.65. The molecular weight excluding hydrogens is 314 g/mol. The van der Waals surface area contributed by atoms with Crippen LogP contribution in [0, 0.1) is 0 Å². The van der Waals surface area contributed by atoms with Crippen LogP contribution in [0.25, 0.3) is 0 Å². The predicted octanol–water partition coefficient (Wildman–Crippen LogP) is 3.34. The summed E-state index contributed by atoms with van der Waals surface area (Å²) in [5, 5.41) is 0. The number of thioether (sulfide) groups is 1. The summed E-state index contributed by atoms with van der Waals surface area (Å²) in [7, 11) is 0. The lowest BCUT2D eigenvalue weighted by atomic mass is 10.2. The number of carbonyl (C=O) groups excluding carboxylic acids is 1. The first-order valence-corrected chi connectivity index (χ1v) is 7.43. The molecular formula is C13H18BrNO2S. The fraction of sp³-hybridized carbons (Fsp3) is 0.462.